The molecule has 0 atom stereocenters. The standard InChI is InChI=1S/C17H10F3N3O3/c1-8-3-2-4-9(7-8)23-13-12-10(5-6-11(21-12)17(18,19)20)26-14(13)15(24)22-16(23)25/h2-7H,1H3,(H,22,24,25). The van der Waals surface area contributed by atoms with Gasteiger partial charge in [0.2, 0.25) is 5.58 Å². The van der Waals surface area contributed by atoms with Gasteiger partial charge >= 0.3 is 11.9 Å². The van der Waals surface area contributed by atoms with Crippen LogP contribution < -0.4 is 11.2 Å². The second-order valence-corrected chi connectivity index (χ2v) is 5.75. The number of rotatable bonds is 1. The molecule has 0 aliphatic rings. The Balaban J connectivity index is 2.21. The fourth-order valence-corrected chi connectivity index (χ4v) is 2.81. The molecule has 26 heavy (non-hydrogen) atoms. The molecule has 1 aromatic carbocycles. The summed E-state index contributed by atoms with van der Waals surface area (Å²) in [5.41, 5.74) is -2.18. The average molecular weight is 361 g/mol. The Morgan fingerprint density at radius 2 is 1.92 bits per heavy atom. The van der Waals surface area contributed by atoms with Gasteiger partial charge in [0, 0.05) is 0 Å². The Hall–Kier alpha value is -3.36. The number of aromatic nitrogens is 3. The quantitative estimate of drug-likeness (QED) is 0.565. The zero-order chi connectivity index (χ0) is 18.6. The van der Waals surface area contributed by atoms with Crippen LogP contribution in [0.1, 0.15) is 11.3 Å². The summed E-state index contributed by atoms with van der Waals surface area (Å²) in [5.74, 6) is 0. The highest BCUT2D eigenvalue weighted by Gasteiger charge is 2.33. The van der Waals surface area contributed by atoms with Gasteiger partial charge in [-0.1, -0.05) is 12.1 Å². The molecule has 3 aromatic heterocycles. The van der Waals surface area contributed by atoms with E-state index in [9.17, 15) is 22.8 Å². The molecule has 4 rings (SSSR count). The number of nitrogens with zero attached hydrogens (tertiary/aromatic N) is 2. The Labute approximate surface area is 142 Å². The molecular weight excluding hydrogens is 351 g/mol. The topological polar surface area (TPSA) is 80.9 Å². The molecule has 1 N–H and O–H groups in total. The maximum atomic E-state index is 13.0. The number of H-pyrrole nitrogens is 1. The van der Waals surface area contributed by atoms with Crippen LogP contribution in [-0.4, -0.2) is 14.5 Å². The van der Waals surface area contributed by atoms with E-state index < -0.39 is 23.1 Å². The number of aryl methyl sites for hydroxylation is 1. The van der Waals surface area contributed by atoms with Crippen LogP contribution in [0.15, 0.2) is 50.4 Å². The lowest BCUT2D eigenvalue weighted by atomic mass is 10.2. The van der Waals surface area contributed by atoms with E-state index in [0.717, 1.165) is 22.3 Å². The predicted octanol–water partition coefficient (Wildman–Crippen LogP) is 3.15. The van der Waals surface area contributed by atoms with E-state index in [0.29, 0.717) is 5.69 Å². The summed E-state index contributed by atoms with van der Waals surface area (Å²) in [6, 6.07) is 8.57. The molecule has 0 saturated carbocycles. The highest BCUT2D eigenvalue weighted by atomic mass is 19.4. The van der Waals surface area contributed by atoms with Crippen LogP contribution in [0.5, 0.6) is 0 Å². The van der Waals surface area contributed by atoms with Crippen molar-refractivity contribution >= 4 is 22.2 Å². The molecule has 132 valence electrons. The first-order chi connectivity index (χ1) is 12.3. The predicted molar refractivity (Wildman–Crippen MR) is 87.5 cm³/mol. The van der Waals surface area contributed by atoms with Gasteiger partial charge in [0.05, 0.1) is 5.69 Å². The zero-order valence-corrected chi connectivity index (χ0v) is 13.2. The molecule has 3 heterocycles. The smallest absolute Gasteiger partial charge is 0.433 e. The number of fused-ring (bicyclic) bond motifs is 3. The Bertz CT molecular complexity index is 1280. The van der Waals surface area contributed by atoms with Crippen molar-refractivity contribution in [3.05, 3.63) is 68.5 Å². The summed E-state index contributed by atoms with van der Waals surface area (Å²) in [4.78, 5) is 30.2. The van der Waals surface area contributed by atoms with Crippen molar-refractivity contribution in [1.82, 2.24) is 14.5 Å². The van der Waals surface area contributed by atoms with Crippen molar-refractivity contribution in [3.8, 4) is 5.69 Å². The van der Waals surface area contributed by atoms with Gasteiger partial charge in [-0.2, -0.15) is 13.2 Å². The Morgan fingerprint density at radius 3 is 2.62 bits per heavy atom. The number of furan rings is 1. The van der Waals surface area contributed by atoms with Crippen LogP contribution in [0, 0.1) is 6.92 Å². The van der Waals surface area contributed by atoms with E-state index in [-0.39, 0.29) is 22.2 Å². The number of alkyl halides is 3. The largest absolute Gasteiger partial charge is 0.447 e. The fourth-order valence-electron chi connectivity index (χ4n) is 2.81. The first kappa shape index (κ1) is 16.1. The average Bonchev–Trinajstić information content (AvgIpc) is 2.93. The van der Waals surface area contributed by atoms with Crippen molar-refractivity contribution in [2.24, 2.45) is 0 Å². The molecule has 0 fully saturated rings. The van der Waals surface area contributed by atoms with E-state index in [4.69, 9.17) is 4.42 Å². The number of pyridine rings is 1. The van der Waals surface area contributed by atoms with Crippen LogP contribution in [-0.2, 0) is 6.18 Å². The van der Waals surface area contributed by atoms with Crippen molar-refractivity contribution in [1.29, 1.82) is 0 Å². The van der Waals surface area contributed by atoms with Gasteiger partial charge < -0.3 is 4.42 Å². The van der Waals surface area contributed by atoms with E-state index >= 15 is 0 Å². The van der Waals surface area contributed by atoms with E-state index in [1.165, 1.54) is 0 Å². The Kier molecular flexibility index (Phi) is 3.30. The number of hydrogen-bond donors (Lipinski definition) is 1. The lowest BCUT2D eigenvalue weighted by Crippen LogP contribution is -2.28. The van der Waals surface area contributed by atoms with Gasteiger partial charge in [-0.3, -0.25) is 14.3 Å². The number of nitrogens with one attached hydrogen (secondary N) is 1. The molecule has 0 saturated heterocycles. The molecule has 0 amide bonds. The van der Waals surface area contributed by atoms with Crippen LogP contribution >= 0.6 is 0 Å². The van der Waals surface area contributed by atoms with Crippen molar-refractivity contribution in [2.45, 2.75) is 13.1 Å². The number of benzene rings is 1. The zero-order valence-electron chi connectivity index (χ0n) is 13.2. The molecule has 0 spiro atoms. The second-order valence-electron chi connectivity index (χ2n) is 5.75. The highest BCUT2D eigenvalue weighted by molar-refractivity contribution is 6.00. The third-order valence-electron chi connectivity index (χ3n) is 3.91. The monoisotopic (exact) mass is 361 g/mol. The highest BCUT2D eigenvalue weighted by Crippen LogP contribution is 2.32. The minimum Gasteiger partial charge on any atom is -0.447 e. The molecule has 4 aromatic rings. The molecule has 0 unspecified atom stereocenters. The normalized spacial score (nSPS) is 12.2. The summed E-state index contributed by atoms with van der Waals surface area (Å²) in [7, 11) is 0. The summed E-state index contributed by atoms with van der Waals surface area (Å²) in [6.07, 6.45) is -4.67. The van der Waals surface area contributed by atoms with Gasteiger partial charge in [0.25, 0.3) is 5.56 Å². The molecule has 9 heteroatoms. The minimum atomic E-state index is -4.67. The van der Waals surface area contributed by atoms with Crippen LogP contribution in [0.4, 0.5) is 13.2 Å². The van der Waals surface area contributed by atoms with Gasteiger partial charge in [-0.25, -0.2) is 9.78 Å². The maximum Gasteiger partial charge on any atom is 0.433 e. The van der Waals surface area contributed by atoms with Crippen LogP contribution in [0.2, 0.25) is 0 Å². The fraction of sp³-hybridized carbons (Fsp3) is 0.118. The summed E-state index contributed by atoms with van der Waals surface area (Å²) in [5, 5.41) is 0. The molecule has 0 radical (unpaired) electrons. The molecule has 6 nitrogen and oxygen atoms in total. The number of aromatic amines is 1. The van der Waals surface area contributed by atoms with E-state index in [2.05, 4.69) is 9.97 Å². The lowest BCUT2D eigenvalue weighted by molar-refractivity contribution is -0.140. The van der Waals surface area contributed by atoms with Gasteiger partial charge in [-0.05, 0) is 36.8 Å². The molecule has 0 aliphatic heterocycles. The molecular formula is C17H10F3N3O3. The second kappa shape index (κ2) is 5.32. The number of hydrogen-bond acceptors (Lipinski definition) is 4. The van der Waals surface area contributed by atoms with Crippen molar-refractivity contribution in [2.75, 3.05) is 0 Å². The van der Waals surface area contributed by atoms with Gasteiger partial charge in [0.15, 0.2) is 5.58 Å². The number of halogens is 3. The molecule has 0 bridgehead atoms. The SMILES string of the molecule is Cc1cccc(-n2c(=O)[nH]c(=O)c3oc4ccc(C(F)(F)F)nc4c32)c1. The summed E-state index contributed by atoms with van der Waals surface area (Å²) < 4.78 is 45.5. The Morgan fingerprint density at radius 1 is 1.15 bits per heavy atom. The summed E-state index contributed by atoms with van der Waals surface area (Å²) >= 11 is 0. The molecule has 0 aliphatic carbocycles. The summed E-state index contributed by atoms with van der Waals surface area (Å²) in [6.45, 7) is 1.80. The van der Waals surface area contributed by atoms with E-state index in [1.807, 2.05) is 0 Å². The van der Waals surface area contributed by atoms with Crippen LogP contribution in [0.3, 0.4) is 0 Å². The van der Waals surface area contributed by atoms with Crippen LogP contribution in [0.25, 0.3) is 27.9 Å². The lowest BCUT2D eigenvalue weighted by Gasteiger charge is -2.08. The maximum absolute atomic E-state index is 13.0. The van der Waals surface area contributed by atoms with Crippen molar-refractivity contribution < 1.29 is 17.6 Å². The van der Waals surface area contributed by atoms with Gasteiger partial charge in [0.1, 0.15) is 16.7 Å². The third kappa shape index (κ3) is 2.40. The first-order valence-corrected chi connectivity index (χ1v) is 7.48. The van der Waals surface area contributed by atoms with Gasteiger partial charge in [-0.15, -0.1) is 0 Å². The minimum absolute atomic E-state index is 0.0227. The first-order valence-electron chi connectivity index (χ1n) is 7.48. The van der Waals surface area contributed by atoms with Crippen molar-refractivity contribution in [3.63, 3.8) is 0 Å². The third-order valence-corrected chi connectivity index (χ3v) is 3.91. The van der Waals surface area contributed by atoms with E-state index in [1.54, 1.807) is 31.2 Å².